The van der Waals surface area contributed by atoms with Gasteiger partial charge in [-0.15, -0.1) is 23.7 Å². The van der Waals surface area contributed by atoms with Gasteiger partial charge in [0.25, 0.3) is 0 Å². The van der Waals surface area contributed by atoms with Crippen molar-refractivity contribution in [1.82, 2.24) is 4.90 Å². The first kappa shape index (κ1) is 18.9. The van der Waals surface area contributed by atoms with Crippen LogP contribution in [0.4, 0.5) is 0 Å². The van der Waals surface area contributed by atoms with Crippen LogP contribution in [0.25, 0.3) is 0 Å². The quantitative estimate of drug-likeness (QED) is 0.858. The minimum atomic E-state index is -3.87. The second kappa shape index (κ2) is 6.51. The zero-order chi connectivity index (χ0) is 15.1. The van der Waals surface area contributed by atoms with Crippen LogP contribution in [0.3, 0.4) is 0 Å². The van der Waals surface area contributed by atoms with E-state index in [0.717, 1.165) is 24.4 Å². The minimum Gasteiger partial charge on any atom is -0.297 e. The zero-order valence-electron chi connectivity index (χ0n) is 11.8. The number of nitrogens with zero attached hydrogens (tertiary/aromatic N) is 1. The van der Waals surface area contributed by atoms with Gasteiger partial charge >= 0.3 is 0 Å². The summed E-state index contributed by atoms with van der Waals surface area (Å²) in [6.45, 7) is 5.56. The Morgan fingerprint density at radius 1 is 1.38 bits per heavy atom. The second-order valence-electron chi connectivity index (χ2n) is 4.70. The summed E-state index contributed by atoms with van der Waals surface area (Å²) in [5, 5.41) is 5.12. The number of hydrogen-bond donors (Lipinski definition) is 1. The molecule has 0 radical (unpaired) electrons. The molecule has 2 heterocycles. The van der Waals surface area contributed by atoms with Gasteiger partial charge in [-0.3, -0.25) is 4.90 Å². The van der Waals surface area contributed by atoms with E-state index in [1.165, 1.54) is 6.07 Å². The lowest BCUT2D eigenvalue weighted by molar-refractivity contribution is 0.209. The smallest absolute Gasteiger partial charge is 0.247 e. The fourth-order valence-corrected chi connectivity index (χ4v) is 6.69. The van der Waals surface area contributed by atoms with Crippen molar-refractivity contribution in [3.63, 3.8) is 0 Å². The van der Waals surface area contributed by atoms with Crippen molar-refractivity contribution in [2.45, 2.75) is 34.7 Å². The van der Waals surface area contributed by atoms with Gasteiger partial charge in [0.1, 0.15) is 8.42 Å². The van der Waals surface area contributed by atoms with Crippen molar-refractivity contribution in [3.8, 4) is 0 Å². The lowest BCUT2D eigenvalue weighted by atomic mass is 10.1. The Balaban J connectivity index is 0.00000220. The van der Waals surface area contributed by atoms with Crippen molar-refractivity contribution in [2.24, 2.45) is 5.14 Å². The number of sulfone groups is 1. The first-order valence-electron chi connectivity index (χ1n) is 6.34. The molecule has 1 aromatic rings. The number of nitrogens with two attached hydrogens (primary N) is 1. The number of thiophene rings is 1. The molecule has 1 aliphatic heterocycles. The Morgan fingerprint density at radius 2 is 1.95 bits per heavy atom. The van der Waals surface area contributed by atoms with E-state index in [-0.39, 0.29) is 32.6 Å². The largest absolute Gasteiger partial charge is 0.297 e. The van der Waals surface area contributed by atoms with Crippen LogP contribution in [-0.2, 0) is 19.9 Å². The zero-order valence-corrected chi connectivity index (χ0v) is 15.0. The number of fused-ring (bicyclic) bond motifs is 1. The van der Waals surface area contributed by atoms with E-state index in [0.29, 0.717) is 12.0 Å². The van der Waals surface area contributed by atoms with Crippen LogP contribution < -0.4 is 5.14 Å². The van der Waals surface area contributed by atoms with Gasteiger partial charge in [-0.2, -0.15) is 0 Å². The lowest BCUT2D eigenvalue weighted by Gasteiger charge is -2.32. The van der Waals surface area contributed by atoms with Crippen molar-refractivity contribution >= 4 is 43.6 Å². The summed E-state index contributed by atoms with van der Waals surface area (Å²) in [4.78, 5) is 2.13. The first-order valence-corrected chi connectivity index (χ1v) is 10.4. The van der Waals surface area contributed by atoms with Crippen LogP contribution in [-0.4, -0.2) is 40.6 Å². The van der Waals surface area contributed by atoms with Gasteiger partial charge in [0.2, 0.25) is 10.0 Å². The molecule has 0 saturated heterocycles. The summed E-state index contributed by atoms with van der Waals surface area (Å²) >= 11 is 0.764. The minimum absolute atomic E-state index is 0. The molecule has 2 rings (SSSR count). The van der Waals surface area contributed by atoms with E-state index < -0.39 is 19.9 Å². The molecule has 1 atom stereocenters. The maximum absolute atomic E-state index is 12.1. The average Bonchev–Trinajstić information content (AvgIpc) is 2.79. The molecule has 0 aliphatic carbocycles. The second-order valence-corrected chi connectivity index (χ2v) is 9.84. The first-order chi connectivity index (χ1) is 9.20. The van der Waals surface area contributed by atoms with Crippen LogP contribution in [0.15, 0.2) is 14.5 Å². The Morgan fingerprint density at radius 3 is 2.43 bits per heavy atom. The average molecular weight is 375 g/mol. The van der Waals surface area contributed by atoms with E-state index in [1.807, 2.05) is 13.8 Å². The van der Waals surface area contributed by atoms with Crippen molar-refractivity contribution in [3.05, 3.63) is 11.6 Å². The maximum Gasteiger partial charge on any atom is 0.247 e. The SMILES string of the molecule is CCN(CC)C1CCS(=O)(=O)c2sc(S(N)(=O)=O)cc21.Cl. The normalized spacial score (nSPS) is 20.9. The van der Waals surface area contributed by atoms with E-state index >= 15 is 0 Å². The summed E-state index contributed by atoms with van der Waals surface area (Å²) in [5.74, 6) is 0.0474. The predicted octanol–water partition coefficient (Wildman–Crippen LogP) is 1.38. The Hall–Kier alpha value is -0.190. The van der Waals surface area contributed by atoms with Crippen LogP contribution >= 0.6 is 23.7 Å². The third kappa shape index (κ3) is 3.59. The van der Waals surface area contributed by atoms with Gasteiger partial charge in [0, 0.05) is 11.6 Å². The monoisotopic (exact) mass is 374 g/mol. The number of sulfonamides is 1. The van der Waals surface area contributed by atoms with Crippen LogP contribution in [0.2, 0.25) is 0 Å². The number of halogens is 1. The highest BCUT2D eigenvalue weighted by atomic mass is 35.5. The third-order valence-electron chi connectivity index (χ3n) is 3.54. The summed E-state index contributed by atoms with van der Waals surface area (Å²) in [6, 6.07) is 1.37. The summed E-state index contributed by atoms with van der Waals surface area (Å²) in [5.41, 5.74) is 0.578. The van der Waals surface area contributed by atoms with Crippen molar-refractivity contribution in [1.29, 1.82) is 0 Å². The Bertz CT molecular complexity index is 708. The van der Waals surface area contributed by atoms with Gasteiger partial charge in [0.15, 0.2) is 9.84 Å². The van der Waals surface area contributed by atoms with E-state index in [2.05, 4.69) is 4.90 Å². The van der Waals surface area contributed by atoms with Crippen molar-refractivity contribution in [2.75, 3.05) is 18.8 Å². The van der Waals surface area contributed by atoms with E-state index in [9.17, 15) is 16.8 Å². The molecular weight excluding hydrogens is 356 g/mol. The summed E-state index contributed by atoms with van der Waals surface area (Å²) in [7, 11) is -7.27. The number of rotatable bonds is 4. The molecule has 0 aromatic carbocycles. The molecule has 1 unspecified atom stereocenters. The Labute approximate surface area is 135 Å². The maximum atomic E-state index is 12.1. The number of primary sulfonamides is 1. The Kier molecular flexibility index (Phi) is 5.85. The highest BCUT2D eigenvalue weighted by Gasteiger charge is 2.36. The van der Waals surface area contributed by atoms with Gasteiger partial charge in [0.05, 0.1) is 5.75 Å². The molecule has 0 bridgehead atoms. The van der Waals surface area contributed by atoms with Gasteiger partial charge < -0.3 is 0 Å². The van der Waals surface area contributed by atoms with Crippen LogP contribution in [0.1, 0.15) is 31.9 Å². The fourth-order valence-electron chi connectivity index (χ4n) is 2.54. The molecular formula is C11H19ClN2O4S3. The van der Waals surface area contributed by atoms with Crippen molar-refractivity contribution < 1.29 is 16.8 Å². The molecule has 0 saturated carbocycles. The van der Waals surface area contributed by atoms with Crippen LogP contribution in [0.5, 0.6) is 0 Å². The lowest BCUT2D eigenvalue weighted by Crippen LogP contribution is -2.33. The predicted molar refractivity (Wildman–Crippen MR) is 85.3 cm³/mol. The highest BCUT2D eigenvalue weighted by molar-refractivity contribution is 7.95. The number of hydrogen-bond acceptors (Lipinski definition) is 6. The van der Waals surface area contributed by atoms with Gasteiger partial charge in [-0.25, -0.2) is 22.0 Å². The molecule has 0 spiro atoms. The molecule has 1 aliphatic rings. The fraction of sp³-hybridized carbons (Fsp3) is 0.636. The molecule has 21 heavy (non-hydrogen) atoms. The van der Waals surface area contributed by atoms with Gasteiger partial charge in [-0.1, -0.05) is 13.8 Å². The third-order valence-corrected chi connectivity index (χ3v) is 8.49. The molecule has 1 aromatic heterocycles. The summed E-state index contributed by atoms with van der Waals surface area (Å²) < 4.78 is 47.2. The van der Waals surface area contributed by atoms with Gasteiger partial charge in [-0.05, 0) is 25.6 Å². The molecule has 10 heteroatoms. The van der Waals surface area contributed by atoms with Crippen LogP contribution in [0, 0.1) is 0 Å². The summed E-state index contributed by atoms with van der Waals surface area (Å²) in [6.07, 6.45) is 0.484. The molecule has 6 nitrogen and oxygen atoms in total. The topological polar surface area (TPSA) is 97.5 Å². The molecule has 0 fully saturated rings. The van der Waals surface area contributed by atoms with E-state index in [1.54, 1.807) is 0 Å². The molecule has 122 valence electrons. The molecule has 2 N–H and O–H groups in total. The molecule has 0 amide bonds. The van der Waals surface area contributed by atoms with E-state index in [4.69, 9.17) is 5.14 Å². The standard InChI is InChI=1S/C11H18N2O4S3.ClH/c1-3-13(4-2)9-5-6-19(14,15)11-8(9)7-10(18-11)20(12,16)17;/h7,9H,3-6H2,1-2H3,(H2,12,16,17);1H. The highest BCUT2D eigenvalue weighted by Crippen LogP contribution is 2.42.